The van der Waals surface area contributed by atoms with Gasteiger partial charge in [-0.25, -0.2) is 19.9 Å². The van der Waals surface area contributed by atoms with E-state index in [0.29, 0.717) is 22.9 Å². The third kappa shape index (κ3) is 4.99. The minimum Gasteiger partial charge on any atom is -0.443 e. The zero-order chi connectivity index (χ0) is 32.4. The predicted octanol–water partition coefficient (Wildman–Crippen LogP) is 10.8. The second kappa shape index (κ2) is 11.3. The van der Waals surface area contributed by atoms with Crippen LogP contribution in [-0.4, -0.2) is 19.9 Å². The third-order valence-corrected chi connectivity index (χ3v) is 11.4. The minimum atomic E-state index is 0.349. The van der Waals surface area contributed by atoms with E-state index in [4.69, 9.17) is 24.4 Å². The molecular formula is C44H36N4O. The molecule has 4 fully saturated rings. The average molecular weight is 637 g/mol. The Balaban J connectivity index is 1.03. The Morgan fingerprint density at radius 1 is 0.490 bits per heavy atom. The summed E-state index contributed by atoms with van der Waals surface area (Å²) in [5.74, 6) is 4.67. The summed E-state index contributed by atoms with van der Waals surface area (Å²) in [6.07, 6.45) is 10.0. The Bertz CT molecular complexity index is 2230. The molecule has 11 rings (SSSR count). The first-order valence-electron chi connectivity index (χ1n) is 17.6. The molecule has 2 heterocycles. The summed E-state index contributed by atoms with van der Waals surface area (Å²) in [7, 11) is 0. The van der Waals surface area contributed by atoms with Gasteiger partial charge in [0.2, 0.25) is 0 Å². The summed E-state index contributed by atoms with van der Waals surface area (Å²) in [4.78, 5) is 19.5. The van der Waals surface area contributed by atoms with Crippen LogP contribution in [0.2, 0.25) is 0 Å². The number of fused-ring (bicyclic) bond motifs is 1. The molecule has 4 aliphatic carbocycles. The topological polar surface area (TPSA) is 64.7 Å². The van der Waals surface area contributed by atoms with Crippen LogP contribution >= 0.6 is 0 Å². The van der Waals surface area contributed by atoms with E-state index < -0.39 is 0 Å². The van der Waals surface area contributed by atoms with Gasteiger partial charge in [0.05, 0.1) is 0 Å². The van der Waals surface area contributed by atoms with Gasteiger partial charge in [0.25, 0.3) is 0 Å². The highest BCUT2D eigenvalue weighted by molar-refractivity contribution is 5.99. The number of nitrogens with zero attached hydrogens (tertiary/aromatic N) is 4. The summed E-state index contributed by atoms with van der Waals surface area (Å²) in [5.41, 5.74) is 10.7. The summed E-state index contributed by atoms with van der Waals surface area (Å²) in [5, 5.41) is 0. The Labute approximate surface area is 286 Å². The fourth-order valence-electron chi connectivity index (χ4n) is 9.65. The molecule has 5 nitrogen and oxygen atoms in total. The second-order valence-corrected chi connectivity index (χ2v) is 14.6. The lowest BCUT2D eigenvalue weighted by Crippen LogP contribution is -2.48. The maximum atomic E-state index is 6.16. The van der Waals surface area contributed by atoms with Crippen molar-refractivity contribution >= 4 is 11.1 Å². The predicted molar refractivity (Wildman–Crippen MR) is 194 cm³/mol. The average Bonchev–Trinajstić information content (AvgIpc) is 3.65. The molecule has 0 atom stereocenters. The molecule has 4 bridgehead atoms. The van der Waals surface area contributed by atoms with Crippen molar-refractivity contribution in [3.8, 4) is 56.4 Å². The molecule has 0 radical (unpaired) electrons. The number of benzene rings is 5. The van der Waals surface area contributed by atoms with E-state index >= 15 is 0 Å². The molecule has 238 valence electrons. The van der Waals surface area contributed by atoms with E-state index in [1.54, 1.807) is 6.39 Å². The fourth-order valence-corrected chi connectivity index (χ4v) is 9.65. The molecule has 0 unspecified atom stereocenters. The normalized spacial score (nSPS) is 22.5. The van der Waals surface area contributed by atoms with Crippen molar-refractivity contribution < 1.29 is 4.42 Å². The van der Waals surface area contributed by atoms with Gasteiger partial charge in [-0.1, -0.05) is 109 Å². The Kier molecular flexibility index (Phi) is 6.61. The number of oxazole rings is 1. The number of hydrogen-bond acceptors (Lipinski definition) is 5. The maximum absolute atomic E-state index is 6.16. The highest BCUT2D eigenvalue weighted by Gasteiger charge is 2.51. The summed E-state index contributed by atoms with van der Waals surface area (Å²) in [6, 6.07) is 42.3. The fraction of sp³-hybridized carbons (Fsp3) is 0.227. The van der Waals surface area contributed by atoms with Crippen molar-refractivity contribution in [1.29, 1.82) is 0 Å². The number of rotatable bonds is 6. The SMILES string of the molecule is c1ccc(-c2nc(-c3ccccc3)nc(-c3cccc(-c4ccc(-c5cccc(C67CC8CC(CC(C8)C6)C7)c5)c5ocnc45)c3)n2)cc1. The highest BCUT2D eigenvalue weighted by Crippen LogP contribution is 2.61. The summed E-state index contributed by atoms with van der Waals surface area (Å²) < 4.78 is 6.16. The Hall–Kier alpha value is -5.42. The lowest BCUT2D eigenvalue weighted by atomic mass is 9.48. The molecular weight excluding hydrogens is 601 g/mol. The van der Waals surface area contributed by atoms with Crippen LogP contribution < -0.4 is 0 Å². The largest absolute Gasteiger partial charge is 0.443 e. The Morgan fingerprint density at radius 2 is 1.00 bits per heavy atom. The van der Waals surface area contributed by atoms with Crippen LogP contribution in [-0.2, 0) is 5.41 Å². The van der Waals surface area contributed by atoms with Crippen LogP contribution in [0.15, 0.2) is 132 Å². The summed E-state index contributed by atoms with van der Waals surface area (Å²) >= 11 is 0. The molecule has 0 N–H and O–H groups in total. The molecule has 7 aromatic rings. The lowest BCUT2D eigenvalue weighted by molar-refractivity contribution is -0.00516. The minimum absolute atomic E-state index is 0.349. The van der Waals surface area contributed by atoms with E-state index in [2.05, 4.69) is 60.7 Å². The first-order valence-corrected chi connectivity index (χ1v) is 17.6. The van der Waals surface area contributed by atoms with Crippen molar-refractivity contribution in [2.45, 2.75) is 43.9 Å². The van der Waals surface area contributed by atoms with Crippen LogP contribution in [0.3, 0.4) is 0 Å². The van der Waals surface area contributed by atoms with E-state index in [-0.39, 0.29) is 0 Å². The quantitative estimate of drug-likeness (QED) is 0.182. The number of aromatic nitrogens is 4. The van der Waals surface area contributed by atoms with Crippen molar-refractivity contribution in [2.24, 2.45) is 17.8 Å². The van der Waals surface area contributed by atoms with Crippen LogP contribution in [0.25, 0.3) is 67.5 Å². The lowest BCUT2D eigenvalue weighted by Gasteiger charge is -2.57. The van der Waals surface area contributed by atoms with Gasteiger partial charge in [-0.3, -0.25) is 0 Å². The van der Waals surface area contributed by atoms with Gasteiger partial charge in [-0.05, 0) is 90.5 Å². The Morgan fingerprint density at radius 3 is 1.63 bits per heavy atom. The van der Waals surface area contributed by atoms with E-state index in [1.165, 1.54) is 49.7 Å². The van der Waals surface area contributed by atoms with Crippen molar-refractivity contribution in [3.63, 3.8) is 0 Å². The first-order chi connectivity index (χ1) is 24.2. The van der Waals surface area contributed by atoms with Crippen molar-refractivity contribution in [2.75, 3.05) is 0 Å². The van der Waals surface area contributed by atoms with Gasteiger partial charge < -0.3 is 4.42 Å². The molecule has 0 saturated heterocycles. The van der Waals surface area contributed by atoms with Crippen molar-refractivity contribution in [3.05, 3.63) is 133 Å². The smallest absolute Gasteiger partial charge is 0.182 e. The van der Waals surface area contributed by atoms with E-state index in [1.807, 2.05) is 60.7 Å². The van der Waals surface area contributed by atoms with Crippen LogP contribution in [0.1, 0.15) is 44.1 Å². The third-order valence-electron chi connectivity index (χ3n) is 11.4. The van der Waals surface area contributed by atoms with Gasteiger partial charge in [-0.15, -0.1) is 0 Å². The molecule has 0 aliphatic heterocycles. The van der Waals surface area contributed by atoms with Gasteiger partial charge in [-0.2, -0.15) is 0 Å². The van der Waals surface area contributed by atoms with E-state index in [9.17, 15) is 0 Å². The van der Waals surface area contributed by atoms with Crippen LogP contribution in [0.4, 0.5) is 0 Å². The molecule has 5 aromatic carbocycles. The van der Waals surface area contributed by atoms with Gasteiger partial charge in [0.15, 0.2) is 29.4 Å². The monoisotopic (exact) mass is 636 g/mol. The maximum Gasteiger partial charge on any atom is 0.182 e. The van der Waals surface area contributed by atoms with E-state index in [0.717, 1.165) is 62.2 Å². The molecule has 4 saturated carbocycles. The van der Waals surface area contributed by atoms with Gasteiger partial charge >= 0.3 is 0 Å². The molecule has 49 heavy (non-hydrogen) atoms. The first kappa shape index (κ1) is 28.6. The highest BCUT2D eigenvalue weighted by atomic mass is 16.3. The molecule has 4 aliphatic rings. The molecule has 5 heteroatoms. The van der Waals surface area contributed by atoms with Crippen LogP contribution in [0.5, 0.6) is 0 Å². The second-order valence-electron chi connectivity index (χ2n) is 14.6. The summed E-state index contributed by atoms with van der Waals surface area (Å²) in [6.45, 7) is 0. The zero-order valence-electron chi connectivity index (χ0n) is 27.3. The van der Waals surface area contributed by atoms with Crippen LogP contribution in [0, 0.1) is 17.8 Å². The number of hydrogen-bond donors (Lipinski definition) is 0. The molecule has 2 aromatic heterocycles. The van der Waals surface area contributed by atoms with Gasteiger partial charge in [0, 0.05) is 27.8 Å². The zero-order valence-corrected chi connectivity index (χ0v) is 27.3. The molecule has 0 spiro atoms. The molecule has 0 amide bonds. The standard InChI is InChI=1S/C44H36N4O/c1-3-9-31(10-4-1)41-46-42(32-11-5-2-6-12-32)48-43(47-41)35-15-7-13-33(22-35)37-17-18-38(40-39(37)45-27-49-40)34-14-8-16-36(23-34)44-24-28-19-29(25-44)21-30(20-28)26-44/h1-18,22-23,27-30H,19-21,24-26H2. The van der Waals surface area contributed by atoms with Gasteiger partial charge in [0.1, 0.15) is 5.52 Å². The van der Waals surface area contributed by atoms with Crippen molar-refractivity contribution in [1.82, 2.24) is 19.9 Å².